The van der Waals surface area contributed by atoms with E-state index in [1.54, 1.807) is 6.92 Å². The molecule has 0 aliphatic rings. The Balaban J connectivity index is 4.55. The fraction of sp³-hybridized carbons (Fsp3) is 0.500. The minimum Gasteiger partial charge on any atom is -0.282 e. The highest BCUT2D eigenvalue weighted by Gasteiger charge is 2.03. The molecule has 0 rings (SSSR count). The maximum atomic E-state index is 10.0. The van der Waals surface area contributed by atoms with E-state index in [1.165, 1.54) is 13.0 Å². The zero-order valence-electron chi connectivity index (χ0n) is 4.75. The molecule has 0 spiro atoms. The Bertz CT molecular complexity index is 187. The average Bonchev–Trinajstić information content (AvgIpc) is 1.62. The van der Waals surface area contributed by atoms with E-state index in [9.17, 15) is 8.42 Å². The monoisotopic (exact) mass is 136 g/mol. The van der Waals surface area contributed by atoms with Gasteiger partial charge in [-0.05, 0) is 13.8 Å². The fourth-order valence-electron chi connectivity index (χ4n) is 0.149. The molecule has 0 aliphatic carbocycles. The lowest BCUT2D eigenvalue weighted by molar-refractivity contribution is 0.491. The molecule has 0 saturated carbocycles. The van der Waals surface area contributed by atoms with Crippen LogP contribution >= 0.6 is 0 Å². The van der Waals surface area contributed by atoms with Gasteiger partial charge in [0.1, 0.15) is 0 Å². The summed E-state index contributed by atoms with van der Waals surface area (Å²) < 4.78 is 28.3. The molecule has 0 atom stereocenters. The van der Waals surface area contributed by atoms with E-state index in [2.05, 4.69) is 0 Å². The maximum absolute atomic E-state index is 10.0. The normalized spacial score (nSPS) is 14.1. The van der Waals surface area contributed by atoms with Crippen LogP contribution in [0.15, 0.2) is 11.0 Å². The van der Waals surface area contributed by atoms with Crippen molar-refractivity contribution < 1.29 is 13.0 Å². The van der Waals surface area contributed by atoms with Crippen LogP contribution in [0.25, 0.3) is 0 Å². The second-order valence-corrected chi connectivity index (χ2v) is 2.97. The van der Waals surface area contributed by atoms with E-state index in [0.29, 0.717) is 0 Å². The van der Waals surface area contributed by atoms with Crippen LogP contribution in [-0.2, 0) is 10.1 Å². The molecule has 0 saturated heterocycles. The van der Waals surface area contributed by atoms with Gasteiger partial charge in [-0.1, -0.05) is 6.08 Å². The summed E-state index contributed by atoms with van der Waals surface area (Å²) in [7, 11) is -3.89. The lowest BCUT2D eigenvalue weighted by Crippen LogP contribution is -1.96. The Morgan fingerprint density at radius 2 is 2.00 bits per heavy atom. The van der Waals surface area contributed by atoms with Crippen molar-refractivity contribution in [2.75, 3.05) is 0 Å². The Hall–Kier alpha value is -0.350. The third-order valence-electron chi connectivity index (χ3n) is 0.813. The summed E-state index contributed by atoms with van der Waals surface area (Å²) in [6.07, 6.45) is 1.33. The highest BCUT2D eigenvalue weighted by atomic mass is 32.2. The van der Waals surface area contributed by atoms with Crippen molar-refractivity contribution >= 4 is 10.1 Å². The van der Waals surface area contributed by atoms with E-state index in [0.717, 1.165) is 0 Å². The molecular weight excluding hydrogens is 128 g/mol. The van der Waals surface area contributed by atoms with Crippen molar-refractivity contribution in [2.45, 2.75) is 13.8 Å². The molecule has 0 aromatic heterocycles. The molecule has 48 valence electrons. The lowest BCUT2D eigenvalue weighted by Gasteiger charge is -1.89. The third kappa shape index (κ3) is 2.09. The highest BCUT2D eigenvalue weighted by molar-refractivity contribution is 7.89. The largest absolute Gasteiger partial charge is 0.290 e. The van der Waals surface area contributed by atoms with Crippen LogP contribution in [0.2, 0.25) is 0 Å². The van der Waals surface area contributed by atoms with Crippen LogP contribution in [-0.4, -0.2) is 13.0 Å². The molecule has 0 aromatic rings. The second kappa shape index (κ2) is 2.28. The summed E-state index contributed by atoms with van der Waals surface area (Å²) in [6, 6.07) is 0. The van der Waals surface area contributed by atoms with Gasteiger partial charge in [-0.2, -0.15) is 8.42 Å². The van der Waals surface area contributed by atoms with E-state index >= 15 is 0 Å². The highest BCUT2D eigenvalue weighted by Crippen LogP contribution is 1.99. The topological polar surface area (TPSA) is 54.4 Å². The summed E-state index contributed by atoms with van der Waals surface area (Å²) in [5.74, 6) is 0. The molecule has 8 heavy (non-hydrogen) atoms. The Kier molecular flexibility index (Phi) is 2.18. The Labute approximate surface area is 48.8 Å². The summed E-state index contributed by atoms with van der Waals surface area (Å²) in [4.78, 5) is -0.0162. The molecule has 0 amide bonds. The van der Waals surface area contributed by atoms with Crippen LogP contribution in [0.1, 0.15) is 13.8 Å². The molecule has 0 radical (unpaired) electrons. The molecule has 0 aromatic carbocycles. The summed E-state index contributed by atoms with van der Waals surface area (Å²) in [5, 5.41) is 0. The van der Waals surface area contributed by atoms with Crippen LogP contribution in [0.3, 0.4) is 0 Å². The maximum Gasteiger partial charge on any atom is 0.290 e. The first kappa shape index (κ1) is 7.65. The van der Waals surface area contributed by atoms with Gasteiger partial charge in [-0.3, -0.25) is 4.55 Å². The van der Waals surface area contributed by atoms with Gasteiger partial charge in [-0.15, -0.1) is 0 Å². The molecule has 0 bridgehead atoms. The second-order valence-electron chi connectivity index (χ2n) is 1.37. The molecule has 1 N–H and O–H groups in total. The van der Waals surface area contributed by atoms with E-state index in [4.69, 9.17) is 4.55 Å². The summed E-state index contributed by atoms with van der Waals surface area (Å²) in [5.41, 5.74) is 0. The van der Waals surface area contributed by atoms with Gasteiger partial charge in [0.05, 0.1) is 4.91 Å². The van der Waals surface area contributed by atoms with Crippen LogP contribution in [0.4, 0.5) is 0 Å². The minimum absolute atomic E-state index is 0.0162. The molecule has 0 unspecified atom stereocenters. The average molecular weight is 136 g/mol. The molecule has 4 heteroatoms. The van der Waals surface area contributed by atoms with Crippen LogP contribution in [0.5, 0.6) is 0 Å². The first-order chi connectivity index (χ1) is 3.48. The van der Waals surface area contributed by atoms with Gasteiger partial charge in [0.2, 0.25) is 0 Å². The number of rotatable bonds is 1. The zero-order valence-corrected chi connectivity index (χ0v) is 5.57. The van der Waals surface area contributed by atoms with Gasteiger partial charge in [0.25, 0.3) is 10.1 Å². The van der Waals surface area contributed by atoms with Gasteiger partial charge in [-0.25, -0.2) is 0 Å². The Morgan fingerprint density at radius 1 is 1.62 bits per heavy atom. The van der Waals surface area contributed by atoms with Crippen molar-refractivity contribution in [3.8, 4) is 0 Å². The summed E-state index contributed by atoms with van der Waals surface area (Å²) in [6.45, 7) is 2.87. The third-order valence-corrected chi connectivity index (χ3v) is 1.86. The van der Waals surface area contributed by atoms with E-state index in [-0.39, 0.29) is 4.91 Å². The standard InChI is InChI=1S/C4H8O3S/c1-3-4(2)8(5,6)7/h3H,1-2H3,(H,5,6,7). The van der Waals surface area contributed by atoms with Gasteiger partial charge in [0, 0.05) is 0 Å². The van der Waals surface area contributed by atoms with Crippen LogP contribution < -0.4 is 0 Å². The molecule has 3 nitrogen and oxygen atoms in total. The van der Waals surface area contributed by atoms with Crippen molar-refractivity contribution in [1.82, 2.24) is 0 Å². The first-order valence-electron chi connectivity index (χ1n) is 2.09. The quantitative estimate of drug-likeness (QED) is 0.542. The predicted octanol–water partition coefficient (Wildman–Crippen LogP) is 0.798. The first-order valence-corrected chi connectivity index (χ1v) is 3.53. The van der Waals surface area contributed by atoms with Gasteiger partial charge in [0.15, 0.2) is 0 Å². The van der Waals surface area contributed by atoms with E-state index < -0.39 is 10.1 Å². The van der Waals surface area contributed by atoms with Crippen molar-refractivity contribution in [2.24, 2.45) is 0 Å². The fourth-order valence-corrected chi connectivity index (χ4v) is 0.447. The number of allylic oxidation sites excluding steroid dienone is 2. The van der Waals surface area contributed by atoms with Gasteiger partial charge < -0.3 is 0 Å². The number of hydrogen-bond donors (Lipinski definition) is 1. The van der Waals surface area contributed by atoms with Crippen molar-refractivity contribution in [1.29, 1.82) is 0 Å². The Morgan fingerprint density at radius 3 is 2.00 bits per heavy atom. The minimum atomic E-state index is -3.89. The predicted molar refractivity (Wildman–Crippen MR) is 31.0 cm³/mol. The molecule has 0 aliphatic heterocycles. The lowest BCUT2D eigenvalue weighted by atomic mass is 10.6. The van der Waals surface area contributed by atoms with Gasteiger partial charge >= 0.3 is 0 Å². The number of hydrogen-bond acceptors (Lipinski definition) is 2. The molecule has 0 heterocycles. The van der Waals surface area contributed by atoms with Crippen molar-refractivity contribution in [3.05, 3.63) is 11.0 Å². The molecular formula is C4H8O3S. The summed E-state index contributed by atoms with van der Waals surface area (Å²) >= 11 is 0. The SMILES string of the molecule is CC=C(C)S(=O)(=O)O. The zero-order chi connectivity index (χ0) is 6.78. The van der Waals surface area contributed by atoms with E-state index in [1.807, 2.05) is 0 Å². The smallest absolute Gasteiger partial charge is 0.282 e. The molecule has 0 fully saturated rings. The van der Waals surface area contributed by atoms with Crippen LogP contribution in [0, 0.1) is 0 Å². The van der Waals surface area contributed by atoms with Crippen molar-refractivity contribution in [3.63, 3.8) is 0 Å².